The molecule has 232 valence electrons. The minimum atomic E-state index is -0.899. The Hall–Kier alpha value is -4.33. The number of carbonyl (C=O) groups excluding carboxylic acids is 2. The van der Waals surface area contributed by atoms with Crippen LogP contribution in [0.4, 0.5) is 0 Å². The summed E-state index contributed by atoms with van der Waals surface area (Å²) in [6.07, 6.45) is 5.08. The third kappa shape index (κ3) is 7.49. The van der Waals surface area contributed by atoms with Crippen molar-refractivity contribution in [1.82, 2.24) is 15.2 Å². The van der Waals surface area contributed by atoms with Gasteiger partial charge in [-0.2, -0.15) is 0 Å². The highest BCUT2D eigenvalue weighted by atomic mass is 16.3. The van der Waals surface area contributed by atoms with E-state index in [1.54, 1.807) is 6.20 Å². The average Bonchev–Trinajstić information content (AvgIpc) is 3.52. The van der Waals surface area contributed by atoms with E-state index in [-0.39, 0.29) is 36.7 Å². The summed E-state index contributed by atoms with van der Waals surface area (Å²) in [5.41, 5.74) is 5.13. The number of hydrogen-bond acceptors (Lipinski definition) is 5. The van der Waals surface area contributed by atoms with E-state index < -0.39 is 24.2 Å². The summed E-state index contributed by atoms with van der Waals surface area (Å²) in [4.78, 5) is 33.7. The molecule has 2 amide bonds. The summed E-state index contributed by atoms with van der Waals surface area (Å²) < 4.78 is 0. The first-order valence-electron chi connectivity index (χ1n) is 16.0. The van der Waals surface area contributed by atoms with Crippen LogP contribution < -0.4 is 5.32 Å². The Morgan fingerprint density at radius 1 is 0.889 bits per heavy atom. The van der Waals surface area contributed by atoms with Crippen LogP contribution in [0.5, 0.6) is 0 Å². The van der Waals surface area contributed by atoms with Crippen molar-refractivity contribution >= 4 is 11.8 Å². The van der Waals surface area contributed by atoms with E-state index in [9.17, 15) is 19.8 Å². The number of nitrogens with one attached hydrogen (secondary N) is 1. The summed E-state index contributed by atoms with van der Waals surface area (Å²) >= 11 is 0. The van der Waals surface area contributed by atoms with E-state index in [0.717, 1.165) is 27.8 Å². The molecule has 0 saturated carbocycles. The molecule has 3 aromatic carbocycles. The Bertz CT molecular complexity index is 1570. The molecule has 45 heavy (non-hydrogen) atoms. The molecule has 0 bridgehead atoms. The van der Waals surface area contributed by atoms with E-state index in [2.05, 4.69) is 22.4 Å². The van der Waals surface area contributed by atoms with Gasteiger partial charge in [0.2, 0.25) is 11.8 Å². The van der Waals surface area contributed by atoms with Crippen molar-refractivity contribution in [2.24, 2.45) is 11.8 Å². The summed E-state index contributed by atoms with van der Waals surface area (Å²) in [6, 6.07) is 31.1. The fourth-order valence-corrected chi connectivity index (χ4v) is 7.09. The zero-order valence-corrected chi connectivity index (χ0v) is 25.4. The van der Waals surface area contributed by atoms with Gasteiger partial charge in [-0.25, -0.2) is 0 Å². The maximum Gasteiger partial charge on any atom is 0.226 e. The number of β-amino-alcohol motifs (C(OH)–C–C–N with tert-alkyl or cyclic N) is 1. The highest BCUT2D eigenvalue weighted by Gasteiger charge is 2.41. The Kier molecular flexibility index (Phi) is 9.67. The maximum atomic E-state index is 13.8. The van der Waals surface area contributed by atoms with Gasteiger partial charge < -0.3 is 20.4 Å². The third-order valence-electron chi connectivity index (χ3n) is 9.31. The number of nitrogens with zero attached hydrogens (tertiary/aromatic N) is 2. The second-order valence-electron chi connectivity index (χ2n) is 12.6. The van der Waals surface area contributed by atoms with Gasteiger partial charge in [0.05, 0.1) is 18.2 Å². The second-order valence-corrected chi connectivity index (χ2v) is 12.6. The van der Waals surface area contributed by atoms with Gasteiger partial charge >= 0.3 is 0 Å². The summed E-state index contributed by atoms with van der Waals surface area (Å²) in [5, 5.41) is 25.4. The first-order valence-corrected chi connectivity index (χ1v) is 16.0. The standard InChI is InChI=1S/C38H41N3O4/c42-33(25-41-32(20-27-12-5-2-6-13-27)21-31(38(41)45)19-28-14-9-17-39-24-28)22-30(18-26-10-3-1-4-11-26)37(44)40-36-34-16-8-7-15-29(34)23-35(36)43/h1-17,24,30-33,35-36,42-43H,18-23,25H2,(H,40,44)/t30-,31?,32+,33+,35-,36?/m1/s1. The van der Waals surface area contributed by atoms with Gasteiger partial charge in [-0.15, -0.1) is 0 Å². The van der Waals surface area contributed by atoms with Gasteiger partial charge in [-0.3, -0.25) is 14.6 Å². The highest BCUT2D eigenvalue weighted by molar-refractivity contribution is 5.82. The maximum absolute atomic E-state index is 13.8. The van der Waals surface area contributed by atoms with Crippen LogP contribution in [0.15, 0.2) is 109 Å². The summed E-state index contributed by atoms with van der Waals surface area (Å²) in [6.45, 7) is 0.160. The van der Waals surface area contributed by atoms with E-state index >= 15 is 0 Å². The Balaban J connectivity index is 1.18. The molecule has 1 aliphatic carbocycles. The Morgan fingerprint density at radius 2 is 1.58 bits per heavy atom. The first-order chi connectivity index (χ1) is 21.9. The van der Waals surface area contributed by atoms with E-state index in [4.69, 9.17) is 0 Å². The second kappa shape index (κ2) is 14.2. The Morgan fingerprint density at radius 3 is 2.31 bits per heavy atom. The SMILES string of the molecule is O=C(NC1c2ccccc2C[C@H]1O)[C@H](Cc1ccccc1)C[C@H](O)CN1C(=O)C(Cc2cccnc2)C[C@@H]1Cc1ccccc1. The molecular formula is C38H41N3O4. The molecule has 0 radical (unpaired) electrons. The van der Waals surface area contributed by atoms with E-state index in [1.165, 1.54) is 0 Å². The average molecular weight is 604 g/mol. The first kappa shape index (κ1) is 30.7. The van der Waals surface area contributed by atoms with Crippen molar-refractivity contribution in [3.8, 4) is 0 Å². The van der Waals surface area contributed by atoms with Crippen LogP contribution in [0.3, 0.4) is 0 Å². The molecule has 3 N–H and O–H groups in total. The Labute approximate surface area is 265 Å². The van der Waals surface area contributed by atoms with Crippen LogP contribution in [0.2, 0.25) is 0 Å². The molecule has 1 fully saturated rings. The molecule has 7 heteroatoms. The molecule has 1 aliphatic heterocycles. The van der Waals surface area contributed by atoms with Gasteiger partial charge in [-0.1, -0.05) is 91.0 Å². The van der Waals surface area contributed by atoms with Crippen molar-refractivity contribution in [1.29, 1.82) is 0 Å². The molecule has 7 nitrogen and oxygen atoms in total. The fourth-order valence-electron chi connectivity index (χ4n) is 7.09. The minimum absolute atomic E-state index is 0.0357. The summed E-state index contributed by atoms with van der Waals surface area (Å²) in [7, 11) is 0. The largest absolute Gasteiger partial charge is 0.391 e. The number of amides is 2. The van der Waals surface area contributed by atoms with Gasteiger partial charge in [0.1, 0.15) is 0 Å². The van der Waals surface area contributed by atoms with Crippen LogP contribution in [0.25, 0.3) is 0 Å². The number of aromatic nitrogens is 1. The third-order valence-corrected chi connectivity index (χ3v) is 9.31. The quantitative estimate of drug-likeness (QED) is 0.222. The molecule has 1 saturated heterocycles. The molecule has 4 aromatic rings. The number of pyridine rings is 1. The van der Waals surface area contributed by atoms with Crippen molar-refractivity contribution in [3.63, 3.8) is 0 Å². The summed E-state index contributed by atoms with van der Waals surface area (Å²) in [5.74, 6) is -0.906. The lowest BCUT2D eigenvalue weighted by molar-refractivity contribution is -0.133. The zero-order valence-electron chi connectivity index (χ0n) is 25.4. The lowest BCUT2D eigenvalue weighted by Gasteiger charge is -2.29. The molecule has 6 rings (SSSR count). The van der Waals surface area contributed by atoms with Crippen LogP contribution in [0, 0.1) is 11.8 Å². The molecule has 2 unspecified atom stereocenters. The minimum Gasteiger partial charge on any atom is -0.391 e. The molecule has 0 spiro atoms. The lowest BCUT2D eigenvalue weighted by atomic mass is 9.91. The number of hydrogen-bond donors (Lipinski definition) is 3. The monoisotopic (exact) mass is 603 g/mol. The lowest BCUT2D eigenvalue weighted by Crippen LogP contribution is -2.43. The topological polar surface area (TPSA) is 103 Å². The van der Waals surface area contributed by atoms with Crippen LogP contribution in [0.1, 0.15) is 46.7 Å². The number of aliphatic hydroxyl groups excluding tert-OH is 2. The number of rotatable bonds is 12. The van der Waals surface area contributed by atoms with Gasteiger partial charge in [0.25, 0.3) is 0 Å². The van der Waals surface area contributed by atoms with Crippen molar-refractivity contribution < 1.29 is 19.8 Å². The van der Waals surface area contributed by atoms with Crippen molar-refractivity contribution in [2.75, 3.05) is 6.54 Å². The van der Waals surface area contributed by atoms with E-state index in [0.29, 0.717) is 32.1 Å². The smallest absolute Gasteiger partial charge is 0.226 e. The van der Waals surface area contributed by atoms with Crippen LogP contribution in [-0.2, 0) is 35.3 Å². The normalized spacial score (nSPS) is 22.2. The van der Waals surface area contributed by atoms with E-state index in [1.807, 2.05) is 96.0 Å². The number of benzene rings is 3. The van der Waals surface area contributed by atoms with Gasteiger partial charge in [-0.05, 0) is 66.0 Å². The molecule has 1 aromatic heterocycles. The molecule has 2 aliphatic rings. The van der Waals surface area contributed by atoms with Crippen molar-refractivity contribution in [2.45, 2.75) is 62.8 Å². The van der Waals surface area contributed by atoms with Crippen LogP contribution >= 0.6 is 0 Å². The zero-order chi connectivity index (χ0) is 31.2. The molecule has 2 heterocycles. The molecular weight excluding hydrogens is 562 g/mol. The fraction of sp³-hybridized carbons (Fsp3) is 0.342. The highest BCUT2D eigenvalue weighted by Crippen LogP contribution is 2.33. The number of likely N-dealkylation sites (tertiary alicyclic amines) is 1. The van der Waals surface area contributed by atoms with Gasteiger partial charge in [0.15, 0.2) is 0 Å². The number of fused-ring (bicyclic) bond motifs is 1. The van der Waals surface area contributed by atoms with Crippen LogP contribution in [-0.4, -0.2) is 56.7 Å². The number of carbonyl (C=O) groups is 2. The van der Waals surface area contributed by atoms with Gasteiger partial charge in [0, 0.05) is 43.2 Å². The predicted molar refractivity (Wildman–Crippen MR) is 173 cm³/mol. The molecule has 6 atom stereocenters. The predicted octanol–water partition coefficient (Wildman–Crippen LogP) is 4.47. The number of aliphatic hydroxyl groups is 2. The van der Waals surface area contributed by atoms with Crippen molar-refractivity contribution in [3.05, 3.63) is 137 Å².